The molecule has 3 saturated heterocycles. The second-order valence-electron chi connectivity index (χ2n) is 40.8. The van der Waals surface area contributed by atoms with Crippen LogP contribution in [0.15, 0.2) is 425 Å². The van der Waals surface area contributed by atoms with Gasteiger partial charge in [-0.1, -0.05) is 361 Å². The number of hydrogen-bond donors (Lipinski definition) is 0. The molecular formula is C130H120B3Br4N3O7. The molecule has 10 nitrogen and oxygen atoms in total. The highest BCUT2D eigenvalue weighted by Gasteiger charge is 2.55. The Morgan fingerprint density at radius 1 is 0.265 bits per heavy atom. The Balaban J connectivity index is 0.000000120. The van der Waals surface area contributed by atoms with Crippen molar-refractivity contribution in [3.63, 3.8) is 0 Å². The fourth-order valence-electron chi connectivity index (χ4n) is 20.4. The van der Waals surface area contributed by atoms with Crippen LogP contribution in [-0.2, 0) is 32.6 Å². The van der Waals surface area contributed by atoms with E-state index in [-0.39, 0.29) is 51.9 Å². The van der Waals surface area contributed by atoms with E-state index in [2.05, 4.69) is 528 Å². The zero-order valence-electron chi connectivity index (χ0n) is 83.7. The molecule has 3 aliphatic rings. The molecule has 734 valence electrons. The van der Waals surface area contributed by atoms with Crippen LogP contribution in [0.4, 0.5) is 0 Å². The molecule has 0 bridgehead atoms. The highest BCUT2D eigenvalue weighted by Crippen LogP contribution is 2.49. The summed E-state index contributed by atoms with van der Waals surface area (Å²) >= 11 is 14.9. The Morgan fingerprint density at radius 3 is 0.878 bits per heavy atom. The van der Waals surface area contributed by atoms with Crippen molar-refractivity contribution in [3.05, 3.63) is 425 Å². The molecular weight excluding hydrogens is 2070 g/mol. The van der Waals surface area contributed by atoms with Gasteiger partial charge in [0.15, 0.2) is 0 Å². The predicted molar refractivity (Wildman–Crippen MR) is 643 cm³/mol. The Morgan fingerprint density at radius 2 is 0.531 bits per heavy atom. The molecule has 0 radical (unpaired) electrons. The summed E-state index contributed by atoms with van der Waals surface area (Å²) in [7, 11) is -1.24. The molecule has 0 unspecified atom stereocenters. The molecule has 6 heterocycles. The average Bonchev–Trinajstić information content (AvgIpc) is 1.39. The first-order valence-electron chi connectivity index (χ1n) is 49.6. The maximum atomic E-state index is 6.56. The lowest BCUT2D eigenvalue weighted by Gasteiger charge is -2.32. The highest BCUT2D eigenvalue weighted by atomic mass is 79.9. The summed E-state index contributed by atoms with van der Waals surface area (Å²) in [4.78, 5) is 4.48. The first-order valence-corrected chi connectivity index (χ1v) is 52.8. The maximum absolute atomic E-state index is 6.56. The topological polar surface area (TPSA) is 87.4 Å². The van der Waals surface area contributed by atoms with Crippen molar-refractivity contribution in [2.24, 2.45) is 0 Å². The standard InChI is InChI=1S/C35H22BrN3.C30H27BO2.C24H15Br.C16H19BO2.C14H8Br2.C9H19BO3.2CH4.H2/c36-25-17-24(21-37-22-25)23-18-26(38-32-13-5-1-9-28(32)29-10-2-6-14-33(29)38)20-27(19-23)39-34-15-7-3-11-30(34)31-12-4-8-16-35(31)39;1-29(2)30(3,4)33-31(32-29)28-25-17-9-7-15-23(25)27(24-16-8-10-18-26(24)28)22-19-11-13-20-12-5-6-14-21(20)22;25-24-21-13-5-3-11-19(21)23(20-12-4-6-14-22(20)24)18-15-7-9-16-8-1-2-10-17(16)18;1-15(2)16(3,4)19-17(18-15)14-11-7-9-12-8-5-6-10-13(12)14;15-13-9-5-1-2-6-10(9)14(16)12-8-4-3-7-11(12)13;1-7(2)11-10-12-8(3,4)9(5,6)13-10;;;/h1-22H;5-19H,1-4H3;1-15H;5-11H,1-4H3;1-8H;7H,1-6H3;2*1H4;1H/i;;;;;;;;1+1. The van der Waals surface area contributed by atoms with Gasteiger partial charge in [0.2, 0.25) is 0 Å². The van der Waals surface area contributed by atoms with Crippen LogP contribution in [0.3, 0.4) is 0 Å². The molecule has 0 saturated carbocycles. The summed E-state index contributed by atoms with van der Waals surface area (Å²) in [5.41, 5.74) is 14.5. The van der Waals surface area contributed by atoms with E-state index in [1.165, 1.54) is 176 Å². The number of benzene rings is 20. The lowest BCUT2D eigenvalue weighted by Crippen LogP contribution is -2.41. The fourth-order valence-corrected chi connectivity index (χ4v) is 22.9. The maximum Gasteiger partial charge on any atom is 0.640 e. The van der Waals surface area contributed by atoms with Crippen LogP contribution in [0.2, 0.25) is 0 Å². The van der Waals surface area contributed by atoms with E-state index in [1.807, 2.05) is 53.9 Å². The van der Waals surface area contributed by atoms with E-state index in [9.17, 15) is 0 Å². The molecule has 3 aliphatic heterocycles. The fraction of sp³-hybridized carbons (Fsp3) is 0.177. The number of para-hydroxylation sites is 4. The largest absolute Gasteiger partial charge is 0.640 e. The van der Waals surface area contributed by atoms with Gasteiger partial charge in [0, 0.05) is 76.3 Å². The van der Waals surface area contributed by atoms with Crippen LogP contribution in [0.25, 0.3) is 185 Å². The molecule has 3 aromatic heterocycles. The Bertz CT molecular complexity index is 8420. The molecule has 0 N–H and O–H groups in total. The monoisotopic (exact) mass is 2180 g/mol. The number of fused-ring (bicyclic) bond motifs is 15. The van der Waals surface area contributed by atoms with Gasteiger partial charge in [0.1, 0.15) is 0 Å². The first kappa shape index (κ1) is 103. The van der Waals surface area contributed by atoms with Gasteiger partial charge in [-0.3, -0.25) is 4.98 Å². The van der Waals surface area contributed by atoms with Crippen molar-refractivity contribution in [1.29, 1.82) is 0 Å². The highest BCUT2D eigenvalue weighted by molar-refractivity contribution is 9.11. The van der Waals surface area contributed by atoms with Crippen LogP contribution < -0.4 is 10.9 Å². The average molecular weight is 2190 g/mol. The summed E-state index contributed by atoms with van der Waals surface area (Å²) in [6, 6.07) is 140. The van der Waals surface area contributed by atoms with Crippen LogP contribution in [-0.4, -0.2) is 75.4 Å². The van der Waals surface area contributed by atoms with E-state index in [1.54, 1.807) is 0 Å². The van der Waals surface area contributed by atoms with Crippen LogP contribution in [0.5, 0.6) is 0 Å². The number of halogens is 4. The molecule has 17 heteroatoms. The number of rotatable bonds is 9. The van der Waals surface area contributed by atoms with Gasteiger partial charge in [-0.15, -0.1) is 0 Å². The van der Waals surface area contributed by atoms with E-state index in [4.69, 9.17) is 32.6 Å². The molecule has 0 aliphatic carbocycles. The third-order valence-electron chi connectivity index (χ3n) is 29.8. The summed E-state index contributed by atoms with van der Waals surface area (Å²) in [5.74, 6) is 0. The Kier molecular flexibility index (Phi) is 29.3. The Hall–Kier alpha value is -12.7. The molecule has 0 spiro atoms. The molecule has 3 fully saturated rings. The zero-order chi connectivity index (χ0) is 101. The summed E-state index contributed by atoms with van der Waals surface area (Å²) < 4.78 is 51.3. The predicted octanol–water partition coefficient (Wildman–Crippen LogP) is 36.6. The van der Waals surface area contributed by atoms with Gasteiger partial charge in [0.25, 0.3) is 0 Å². The normalized spacial score (nSPS) is 15.1. The molecule has 0 atom stereocenters. The van der Waals surface area contributed by atoms with Crippen molar-refractivity contribution < 1.29 is 34.0 Å². The molecule has 23 aromatic rings. The van der Waals surface area contributed by atoms with Gasteiger partial charge in [-0.25, -0.2) is 0 Å². The van der Waals surface area contributed by atoms with Gasteiger partial charge in [-0.05, 0) is 345 Å². The van der Waals surface area contributed by atoms with Gasteiger partial charge < -0.3 is 41.7 Å². The smallest absolute Gasteiger partial charge is 0.399 e. The minimum atomic E-state index is -0.523. The summed E-state index contributed by atoms with van der Waals surface area (Å²) in [5, 5.41) is 27.3. The summed E-state index contributed by atoms with van der Waals surface area (Å²) in [6.07, 6.45) is 3.88. The Labute approximate surface area is 898 Å². The van der Waals surface area contributed by atoms with Crippen molar-refractivity contribution in [3.8, 4) is 44.8 Å². The first-order chi connectivity index (χ1) is 69.9. The van der Waals surface area contributed by atoms with Gasteiger partial charge in [0.05, 0.1) is 55.7 Å². The SMILES string of the molecule is Brc1c2ccccc2c(-c2cccc3ccccc23)c2ccccc12.Brc1c2ccccc2c(Br)c2ccccc12.Brc1cncc(-c2cc(-n3c4ccccc4c4ccccc43)cc(-n3c4ccccc4c4ccccc43)c2)c1.C.C.CC(C)OB1OC(C)(C)C(C)(C)O1.CC1(C)OB(c2c3ccccc3c(-c3cccc4ccccc34)c3ccccc23)OC1(C)C.CC1(C)OB(c2cccc3ccccc23)OC1(C)C.[2HH]. The van der Waals surface area contributed by atoms with Crippen LogP contribution in [0.1, 0.15) is 113 Å². The van der Waals surface area contributed by atoms with E-state index in [0.717, 1.165) is 37.9 Å². The second-order valence-corrected chi connectivity index (χ2v) is 44.1. The van der Waals surface area contributed by atoms with Gasteiger partial charge >= 0.3 is 21.6 Å². The number of nitrogens with zero attached hydrogens (tertiary/aromatic N) is 3. The third-order valence-corrected chi connectivity index (χ3v) is 32.8. The quantitative estimate of drug-likeness (QED) is 0.104. The summed E-state index contributed by atoms with van der Waals surface area (Å²) in [6.45, 7) is 28.7. The van der Waals surface area contributed by atoms with Crippen molar-refractivity contribution in [2.45, 2.75) is 151 Å². The molecule has 20 aromatic carbocycles. The minimum Gasteiger partial charge on any atom is -0.399 e. The lowest BCUT2D eigenvalue weighted by atomic mass is 9.71. The van der Waals surface area contributed by atoms with E-state index >= 15 is 0 Å². The third kappa shape index (κ3) is 19.5. The van der Waals surface area contributed by atoms with Crippen LogP contribution >= 0.6 is 63.7 Å². The molecule has 147 heavy (non-hydrogen) atoms. The minimum absolute atomic E-state index is 0. The lowest BCUT2D eigenvalue weighted by molar-refractivity contribution is 0.00578. The van der Waals surface area contributed by atoms with Crippen molar-refractivity contribution >= 4 is 237 Å². The second kappa shape index (κ2) is 41.8. The number of pyridine rings is 1. The van der Waals surface area contributed by atoms with Crippen molar-refractivity contribution in [2.75, 3.05) is 0 Å². The van der Waals surface area contributed by atoms with Gasteiger partial charge in [-0.2, -0.15) is 0 Å². The van der Waals surface area contributed by atoms with Crippen molar-refractivity contribution in [1.82, 2.24) is 14.1 Å². The van der Waals surface area contributed by atoms with E-state index < -0.39 is 25.6 Å². The number of aromatic nitrogens is 3. The molecule has 0 amide bonds. The number of hydrogen-bond acceptors (Lipinski definition) is 8. The zero-order valence-corrected chi connectivity index (χ0v) is 90.0. The molecule has 26 rings (SSSR count). The van der Waals surface area contributed by atoms with E-state index in [0.29, 0.717) is 0 Å². The van der Waals surface area contributed by atoms with Crippen LogP contribution in [0, 0.1) is 0 Å².